The summed E-state index contributed by atoms with van der Waals surface area (Å²) in [6.07, 6.45) is 3.63. The number of amides is 1. The van der Waals surface area contributed by atoms with Crippen molar-refractivity contribution in [3.05, 3.63) is 34.4 Å². The summed E-state index contributed by atoms with van der Waals surface area (Å²) in [4.78, 5) is 23.4. The highest BCUT2D eigenvalue weighted by atomic mass is 16.6. The Bertz CT molecular complexity index is 600. The number of hydrogen-bond donors (Lipinski definition) is 1. The van der Waals surface area contributed by atoms with Crippen molar-refractivity contribution in [2.75, 3.05) is 11.9 Å². The zero-order chi connectivity index (χ0) is 18.4. The van der Waals surface area contributed by atoms with E-state index in [9.17, 15) is 14.9 Å². The molecule has 0 bridgehead atoms. The molecule has 0 aliphatic heterocycles. The van der Waals surface area contributed by atoms with Crippen LogP contribution in [0.3, 0.4) is 0 Å². The molecule has 0 spiro atoms. The van der Waals surface area contributed by atoms with Crippen molar-refractivity contribution in [3.8, 4) is 5.75 Å². The number of carbonyl (C=O) groups excluding carboxylic acids is 1. The monoisotopic (exact) mass is 348 g/mol. The Kier molecular flexibility index (Phi) is 6.39. The molecular formula is C19H28N2O4. The number of nitrogens with one attached hydrogen (secondary N) is 1. The van der Waals surface area contributed by atoms with Crippen LogP contribution in [0.2, 0.25) is 0 Å². The molecule has 25 heavy (non-hydrogen) atoms. The first kappa shape index (κ1) is 19.2. The summed E-state index contributed by atoms with van der Waals surface area (Å²) in [6, 6.07) is 6.43. The smallest absolute Gasteiger partial charge is 0.237 e. The molecule has 1 N–H and O–H groups in total. The van der Waals surface area contributed by atoms with Crippen molar-refractivity contribution < 1.29 is 14.5 Å². The largest absolute Gasteiger partial charge is 0.494 e. The van der Waals surface area contributed by atoms with Crippen molar-refractivity contribution in [1.82, 2.24) is 0 Å². The van der Waals surface area contributed by atoms with Crippen molar-refractivity contribution in [2.24, 2.45) is 11.3 Å². The van der Waals surface area contributed by atoms with Gasteiger partial charge >= 0.3 is 0 Å². The number of benzene rings is 1. The number of anilines is 1. The number of ether oxygens (including phenoxy) is 1. The minimum absolute atomic E-state index is 0.240. The van der Waals surface area contributed by atoms with E-state index in [1.165, 1.54) is 0 Å². The summed E-state index contributed by atoms with van der Waals surface area (Å²) in [5.74, 6) is 1.11. The normalized spacial score (nSPS) is 21.8. The molecule has 2 atom stereocenters. The van der Waals surface area contributed by atoms with Gasteiger partial charge < -0.3 is 10.1 Å². The van der Waals surface area contributed by atoms with E-state index in [4.69, 9.17) is 4.74 Å². The first-order valence-electron chi connectivity index (χ1n) is 9.07. The summed E-state index contributed by atoms with van der Waals surface area (Å²) in [6.45, 7) is 6.97. The van der Waals surface area contributed by atoms with Gasteiger partial charge in [-0.2, -0.15) is 0 Å². The molecule has 1 aliphatic carbocycles. The van der Waals surface area contributed by atoms with Crippen LogP contribution in [0.25, 0.3) is 0 Å². The molecular weight excluding hydrogens is 320 g/mol. The third kappa shape index (κ3) is 4.94. The zero-order valence-corrected chi connectivity index (χ0v) is 15.3. The van der Waals surface area contributed by atoms with Crippen LogP contribution in [0.4, 0.5) is 5.69 Å². The van der Waals surface area contributed by atoms with E-state index < -0.39 is 11.5 Å². The SMILES string of the molecule is CCCCC1(C(=O)Nc2ccc(OCCC(C)C)cc2)CC1[N+](=O)[O-]. The van der Waals surface area contributed by atoms with Gasteiger partial charge in [0.15, 0.2) is 0 Å². The first-order valence-corrected chi connectivity index (χ1v) is 9.07. The molecule has 1 fully saturated rings. The van der Waals surface area contributed by atoms with Crippen LogP contribution in [0.5, 0.6) is 5.75 Å². The summed E-state index contributed by atoms with van der Waals surface area (Å²) in [5.41, 5.74) is -0.197. The number of unbranched alkanes of at least 4 members (excludes halogenated alkanes) is 1. The molecule has 1 aliphatic rings. The zero-order valence-electron chi connectivity index (χ0n) is 15.3. The Morgan fingerprint density at radius 3 is 2.60 bits per heavy atom. The Morgan fingerprint density at radius 1 is 1.40 bits per heavy atom. The maximum absolute atomic E-state index is 12.6. The fraction of sp³-hybridized carbons (Fsp3) is 0.632. The lowest BCUT2D eigenvalue weighted by Crippen LogP contribution is -2.29. The second kappa shape index (κ2) is 8.32. The highest BCUT2D eigenvalue weighted by Crippen LogP contribution is 2.52. The van der Waals surface area contributed by atoms with Crippen LogP contribution in [0.1, 0.15) is 52.9 Å². The summed E-state index contributed by atoms with van der Waals surface area (Å²) in [5, 5.41) is 13.9. The lowest BCUT2D eigenvalue weighted by atomic mass is 9.97. The van der Waals surface area contributed by atoms with E-state index in [1.54, 1.807) is 12.1 Å². The van der Waals surface area contributed by atoms with E-state index in [0.29, 0.717) is 31.1 Å². The molecule has 6 heteroatoms. The van der Waals surface area contributed by atoms with Gasteiger partial charge in [0.05, 0.1) is 6.61 Å². The summed E-state index contributed by atoms with van der Waals surface area (Å²) >= 11 is 0. The molecule has 0 saturated heterocycles. The van der Waals surface area contributed by atoms with Crippen LogP contribution >= 0.6 is 0 Å². The van der Waals surface area contributed by atoms with E-state index in [2.05, 4.69) is 19.2 Å². The Hall–Kier alpha value is -2.11. The summed E-state index contributed by atoms with van der Waals surface area (Å²) in [7, 11) is 0. The van der Waals surface area contributed by atoms with Crippen LogP contribution in [-0.4, -0.2) is 23.5 Å². The quantitative estimate of drug-likeness (QED) is 0.505. The number of carbonyl (C=O) groups is 1. The molecule has 1 aromatic rings. The summed E-state index contributed by atoms with van der Waals surface area (Å²) < 4.78 is 5.66. The second-order valence-corrected chi connectivity index (χ2v) is 7.27. The van der Waals surface area contributed by atoms with Crippen LogP contribution < -0.4 is 10.1 Å². The Labute approximate surface area is 149 Å². The van der Waals surface area contributed by atoms with E-state index in [-0.39, 0.29) is 10.8 Å². The van der Waals surface area contributed by atoms with Gasteiger partial charge in [0.2, 0.25) is 11.9 Å². The Balaban J connectivity index is 1.94. The van der Waals surface area contributed by atoms with Gasteiger partial charge in [-0.25, -0.2) is 0 Å². The predicted molar refractivity (Wildman–Crippen MR) is 97.4 cm³/mol. The lowest BCUT2D eigenvalue weighted by molar-refractivity contribution is -0.501. The fourth-order valence-corrected chi connectivity index (χ4v) is 2.98. The van der Waals surface area contributed by atoms with Gasteiger partial charge in [-0.15, -0.1) is 0 Å². The molecule has 1 aromatic carbocycles. The maximum Gasteiger partial charge on any atom is 0.237 e. The number of hydrogen-bond acceptors (Lipinski definition) is 4. The number of nitro groups is 1. The molecule has 138 valence electrons. The van der Waals surface area contributed by atoms with Crippen LogP contribution in [-0.2, 0) is 4.79 Å². The highest BCUT2D eigenvalue weighted by molar-refractivity contribution is 5.98. The third-order valence-electron chi connectivity index (χ3n) is 4.79. The molecule has 0 aromatic heterocycles. The molecule has 0 radical (unpaired) electrons. The van der Waals surface area contributed by atoms with Gasteiger partial charge in [-0.3, -0.25) is 14.9 Å². The fourth-order valence-electron chi connectivity index (χ4n) is 2.98. The minimum Gasteiger partial charge on any atom is -0.494 e. The molecule has 2 rings (SSSR count). The van der Waals surface area contributed by atoms with E-state index >= 15 is 0 Å². The predicted octanol–water partition coefficient (Wildman–Crippen LogP) is 4.28. The van der Waals surface area contributed by atoms with Crippen molar-refractivity contribution in [3.63, 3.8) is 0 Å². The highest BCUT2D eigenvalue weighted by Gasteiger charge is 2.68. The number of nitrogens with zero attached hydrogens (tertiary/aromatic N) is 1. The van der Waals surface area contributed by atoms with Crippen molar-refractivity contribution in [2.45, 2.75) is 58.9 Å². The van der Waals surface area contributed by atoms with E-state index in [1.807, 2.05) is 19.1 Å². The van der Waals surface area contributed by atoms with Gasteiger partial charge in [-0.05, 0) is 43.0 Å². The molecule has 1 amide bonds. The van der Waals surface area contributed by atoms with Crippen molar-refractivity contribution >= 4 is 11.6 Å². The van der Waals surface area contributed by atoms with Crippen LogP contribution in [0, 0.1) is 21.4 Å². The van der Waals surface area contributed by atoms with Crippen molar-refractivity contribution in [1.29, 1.82) is 0 Å². The molecule has 1 saturated carbocycles. The first-order chi connectivity index (χ1) is 11.9. The van der Waals surface area contributed by atoms with Gasteiger partial charge in [-0.1, -0.05) is 33.6 Å². The second-order valence-electron chi connectivity index (χ2n) is 7.27. The third-order valence-corrected chi connectivity index (χ3v) is 4.79. The van der Waals surface area contributed by atoms with Gasteiger partial charge in [0.1, 0.15) is 11.2 Å². The molecule has 0 heterocycles. The number of rotatable bonds is 10. The average Bonchev–Trinajstić information content (AvgIpc) is 3.31. The maximum atomic E-state index is 12.6. The standard InChI is InChI=1S/C19H28N2O4/c1-4-5-11-19(13-17(19)21(23)24)18(22)20-15-6-8-16(9-7-15)25-12-10-14(2)3/h6-9,14,17H,4-5,10-13H2,1-3H3,(H,20,22). The van der Waals surface area contributed by atoms with E-state index in [0.717, 1.165) is 25.0 Å². The lowest BCUT2D eigenvalue weighted by Gasteiger charge is -2.14. The average molecular weight is 348 g/mol. The topological polar surface area (TPSA) is 81.5 Å². The minimum atomic E-state index is -0.841. The van der Waals surface area contributed by atoms with Gasteiger partial charge in [0.25, 0.3) is 0 Å². The molecule has 2 unspecified atom stereocenters. The Morgan fingerprint density at radius 2 is 2.08 bits per heavy atom. The van der Waals surface area contributed by atoms with Gasteiger partial charge in [0, 0.05) is 17.0 Å². The van der Waals surface area contributed by atoms with Crippen LogP contribution in [0.15, 0.2) is 24.3 Å². The molecule has 6 nitrogen and oxygen atoms in total.